The molecular weight excluding hydrogens is 313 g/mol. The van der Waals surface area contributed by atoms with Crippen molar-refractivity contribution in [3.63, 3.8) is 0 Å². The van der Waals surface area contributed by atoms with Gasteiger partial charge in [-0.25, -0.2) is 4.98 Å². The molecule has 0 bridgehead atoms. The Bertz CT molecular complexity index is 604. The van der Waals surface area contributed by atoms with Crippen LogP contribution in [0.25, 0.3) is 0 Å². The average molecular weight is 326 g/mol. The van der Waals surface area contributed by atoms with Crippen LogP contribution >= 0.6 is 0 Å². The van der Waals surface area contributed by atoms with E-state index in [0.717, 1.165) is 25.4 Å². The lowest BCUT2D eigenvalue weighted by molar-refractivity contribution is -0.0501. The van der Waals surface area contributed by atoms with Crippen LogP contribution in [0.3, 0.4) is 0 Å². The maximum atomic E-state index is 12.2. The third-order valence-corrected chi connectivity index (χ3v) is 3.79. The average Bonchev–Trinajstić information content (AvgIpc) is 2.32. The molecule has 0 spiro atoms. The monoisotopic (exact) mass is 326 g/mol. The molecule has 0 aliphatic carbocycles. The van der Waals surface area contributed by atoms with Gasteiger partial charge in [0.15, 0.2) is 0 Å². The van der Waals surface area contributed by atoms with Gasteiger partial charge >= 0.3 is 15.6 Å². The summed E-state index contributed by atoms with van der Waals surface area (Å²) in [6, 6.07) is 0.950. The standard InChI is InChI=1S/C10H13F3N4O3S/c1-17(6-7-4-14-5-7)9-15-3-2-8(16-9)20-21(18,19)10(11,12)13/h2-3,7,14H,4-6H2,1H3. The first-order valence-corrected chi connectivity index (χ1v) is 7.35. The fourth-order valence-corrected chi connectivity index (χ4v) is 2.08. The molecule has 0 amide bonds. The van der Waals surface area contributed by atoms with Gasteiger partial charge in [-0.3, -0.25) is 0 Å². The van der Waals surface area contributed by atoms with E-state index in [1.807, 2.05) is 0 Å². The van der Waals surface area contributed by atoms with E-state index in [0.29, 0.717) is 12.5 Å². The highest BCUT2D eigenvalue weighted by atomic mass is 32.2. The van der Waals surface area contributed by atoms with Crippen LogP contribution in [0.15, 0.2) is 12.3 Å². The van der Waals surface area contributed by atoms with Gasteiger partial charge in [-0.05, 0) is 0 Å². The number of alkyl halides is 3. The lowest BCUT2D eigenvalue weighted by Gasteiger charge is -2.31. The zero-order valence-corrected chi connectivity index (χ0v) is 11.8. The Balaban J connectivity index is 2.10. The highest BCUT2D eigenvalue weighted by Gasteiger charge is 2.48. The van der Waals surface area contributed by atoms with Gasteiger partial charge in [-0.2, -0.15) is 26.6 Å². The van der Waals surface area contributed by atoms with Crippen molar-refractivity contribution in [2.24, 2.45) is 5.92 Å². The normalized spacial score (nSPS) is 16.4. The summed E-state index contributed by atoms with van der Waals surface area (Å²) in [6.45, 7) is 2.27. The van der Waals surface area contributed by atoms with Gasteiger partial charge in [0.2, 0.25) is 11.8 Å². The molecule has 1 N–H and O–H groups in total. The summed E-state index contributed by atoms with van der Waals surface area (Å²) < 4.78 is 62.5. The molecule has 0 saturated carbocycles. The van der Waals surface area contributed by atoms with E-state index in [9.17, 15) is 21.6 Å². The van der Waals surface area contributed by atoms with Crippen LogP contribution in [0.1, 0.15) is 0 Å². The molecule has 0 atom stereocenters. The first-order chi connectivity index (χ1) is 9.69. The van der Waals surface area contributed by atoms with E-state index in [-0.39, 0.29) is 5.95 Å². The van der Waals surface area contributed by atoms with Crippen LogP contribution in [-0.2, 0) is 10.1 Å². The molecule has 118 valence electrons. The number of anilines is 1. The maximum absolute atomic E-state index is 12.2. The number of hydrogen-bond donors (Lipinski definition) is 1. The van der Waals surface area contributed by atoms with Crippen LogP contribution in [-0.4, -0.2) is 50.6 Å². The molecule has 2 rings (SSSR count). The molecule has 0 radical (unpaired) electrons. The van der Waals surface area contributed by atoms with Crippen molar-refractivity contribution >= 4 is 16.1 Å². The quantitative estimate of drug-likeness (QED) is 0.618. The molecule has 1 fully saturated rings. The van der Waals surface area contributed by atoms with Crippen LogP contribution in [0.5, 0.6) is 5.88 Å². The lowest BCUT2D eigenvalue weighted by atomic mass is 10.0. The second-order valence-electron chi connectivity index (χ2n) is 4.58. The Hall–Kier alpha value is -1.62. The number of hydrogen-bond acceptors (Lipinski definition) is 7. The minimum Gasteiger partial charge on any atom is -0.355 e. The van der Waals surface area contributed by atoms with Crippen molar-refractivity contribution in [1.29, 1.82) is 0 Å². The fraction of sp³-hybridized carbons (Fsp3) is 0.600. The summed E-state index contributed by atoms with van der Waals surface area (Å²) in [7, 11) is -4.07. The molecule has 0 aromatic carbocycles. The molecular formula is C10H13F3N4O3S. The van der Waals surface area contributed by atoms with Crippen molar-refractivity contribution < 1.29 is 25.8 Å². The molecule has 0 unspecified atom stereocenters. The van der Waals surface area contributed by atoms with E-state index in [1.165, 1.54) is 0 Å². The van der Waals surface area contributed by atoms with Crippen LogP contribution in [0.4, 0.5) is 19.1 Å². The van der Waals surface area contributed by atoms with Crippen LogP contribution in [0, 0.1) is 5.92 Å². The van der Waals surface area contributed by atoms with Gasteiger partial charge in [-0.15, -0.1) is 0 Å². The summed E-state index contributed by atoms with van der Waals surface area (Å²) >= 11 is 0. The summed E-state index contributed by atoms with van der Waals surface area (Å²) in [4.78, 5) is 9.18. The fourth-order valence-electron chi connectivity index (χ4n) is 1.67. The van der Waals surface area contributed by atoms with Gasteiger partial charge < -0.3 is 14.4 Å². The predicted octanol–water partition coefficient (Wildman–Crippen LogP) is 0.361. The molecule has 11 heteroatoms. The van der Waals surface area contributed by atoms with E-state index in [1.54, 1.807) is 11.9 Å². The summed E-state index contributed by atoms with van der Waals surface area (Å²) in [5, 5.41) is 3.08. The van der Waals surface area contributed by atoms with Gasteiger partial charge in [-0.1, -0.05) is 0 Å². The van der Waals surface area contributed by atoms with Gasteiger partial charge in [0.25, 0.3) is 0 Å². The summed E-state index contributed by atoms with van der Waals surface area (Å²) in [5.74, 6) is -0.185. The number of halogens is 3. The SMILES string of the molecule is CN(CC1CNC1)c1nccc(OS(=O)(=O)C(F)(F)F)n1. The Morgan fingerprint density at radius 2 is 2.14 bits per heavy atom. The molecule has 7 nitrogen and oxygen atoms in total. The predicted molar refractivity (Wildman–Crippen MR) is 67.3 cm³/mol. The molecule has 1 aliphatic rings. The topological polar surface area (TPSA) is 84.4 Å². The highest BCUT2D eigenvalue weighted by molar-refractivity contribution is 7.87. The second kappa shape index (κ2) is 5.64. The smallest absolute Gasteiger partial charge is 0.355 e. The maximum Gasteiger partial charge on any atom is 0.534 e. The van der Waals surface area contributed by atoms with Gasteiger partial charge in [0, 0.05) is 44.9 Å². The molecule has 1 aliphatic heterocycles. The number of rotatable bonds is 5. The Kier molecular flexibility index (Phi) is 4.23. The van der Waals surface area contributed by atoms with E-state index in [4.69, 9.17) is 0 Å². The summed E-state index contributed by atoms with van der Waals surface area (Å²) in [5.41, 5.74) is -5.50. The third-order valence-electron chi connectivity index (χ3n) is 2.84. The molecule has 21 heavy (non-hydrogen) atoms. The van der Waals surface area contributed by atoms with Gasteiger partial charge in [0.05, 0.1) is 0 Å². The summed E-state index contributed by atoms with van der Waals surface area (Å²) in [6.07, 6.45) is 1.14. The highest BCUT2D eigenvalue weighted by Crippen LogP contribution is 2.26. The van der Waals surface area contributed by atoms with Gasteiger partial charge in [0.1, 0.15) is 0 Å². The van der Waals surface area contributed by atoms with Crippen molar-refractivity contribution in [2.45, 2.75) is 5.51 Å². The zero-order valence-electron chi connectivity index (χ0n) is 11.0. The largest absolute Gasteiger partial charge is 0.534 e. The van der Waals surface area contributed by atoms with E-state index in [2.05, 4.69) is 19.5 Å². The minimum atomic E-state index is -5.73. The Morgan fingerprint density at radius 1 is 1.48 bits per heavy atom. The Labute approximate surface area is 119 Å². The third kappa shape index (κ3) is 3.73. The van der Waals surface area contributed by atoms with E-state index >= 15 is 0 Å². The lowest BCUT2D eigenvalue weighted by Crippen LogP contribution is -2.47. The Morgan fingerprint density at radius 3 is 2.67 bits per heavy atom. The van der Waals surface area contributed by atoms with E-state index < -0.39 is 21.5 Å². The minimum absolute atomic E-state index is 0.0942. The van der Waals surface area contributed by atoms with Crippen LogP contribution in [0.2, 0.25) is 0 Å². The van der Waals surface area contributed by atoms with Crippen molar-refractivity contribution in [3.8, 4) is 5.88 Å². The van der Waals surface area contributed by atoms with Crippen LogP contribution < -0.4 is 14.4 Å². The first-order valence-electron chi connectivity index (χ1n) is 5.95. The molecule has 1 aromatic heterocycles. The zero-order chi connectivity index (χ0) is 15.7. The van der Waals surface area contributed by atoms with Crippen molar-refractivity contribution in [2.75, 3.05) is 31.6 Å². The molecule has 1 saturated heterocycles. The first kappa shape index (κ1) is 15.8. The number of aromatic nitrogens is 2. The van der Waals surface area contributed by atoms with Crippen molar-refractivity contribution in [3.05, 3.63) is 12.3 Å². The second-order valence-corrected chi connectivity index (χ2v) is 6.12. The molecule has 1 aromatic rings. The number of nitrogens with zero attached hydrogens (tertiary/aromatic N) is 3. The number of nitrogens with one attached hydrogen (secondary N) is 1. The van der Waals surface area contributed by atoms with Crippen molar-refractivity contribution in [1.82, 2.24) is 15.3 Å². The molecule has 2 heterocycles.